The summed E-state index contributed by atoms with van der Waals surface area (Å²) in [6.45, 7) is -1.84. The number of halogens is 2. The first-order valence-electron chi connectivity index (χ1n) is 7.81. The van der Waals surface area contributed by atoms with Crippen LogP contribution in [0.5, 0.6) is 5.75 Å². The molecule has 1 N–H and O–H groups in total. The lowest BCUT2D eigenvalue weighted by Gasteiger charge is -2.21. The molecule has 0 atom stereocenters. The summed E-state index contributed by atoms with van der Waals surface area (Å²) >= 11 is 0. The molecule has 1 heterocycles. The predicted octanol–water partition coefficient (Wildman–Crippen LogP) is 4.03. The molecule has 0 aliphatic carbocycles. The van der Waals surface area contributed by atoms with E-state index in [-0.39, 0.29) is 11.7 Å². The molecule has 3 rings (SSSR count). The van der Waals surface area contributed by atoms with E-state index in [1.54, 1.807) is 23.1 Å². The maximum atomic E-state index is 12.5. The Balaban J connectivity index is 1.77. The van der Waals surface area contributed by atoms with Gasteiger partial charge in [0.05, 0.1) is 11.4 Å². The highest BCUT2D eigenvalue weighted by atomic mass is 19.3. The zero-order valence-electron chi connectivity index (χ0n) is 13.0. The number of nitrogens with zero attached hydrogens (tertiary/aromatic N) is 1. The molecule has 1 fully saturated rings. The fourth-order valence-electron chi connectivity index (χ4n) is 2.81. The minimum Gasteiger partial charge on any atom is -0.434 e. The standard InChI is InChI=1S/C18H18F2N2O2/c19-18(20)24-16-9-4-1-6-13(16)12-21-14-7-2-3-8-15(14)22-11-5-10-17(22)23/h1-4,6-9,18,21H,5,10-12H2. The molecular formula is C18H18F2N2O2. The molecule has 1 aliphatic heterocycles. The van der Waals surface area contributed by atoms with Crippen LogP contribution in [0.3, 0.4) is 0 Å². The summed E-state index contributed by atoms with van der Waals surface area (Å²) in [6.07, 6.45) is 1.40. The smallest absolute Gasteiger partial charge is 0.387 e. The topological polar surface area (TPSA) is 41.6 Å². The average molecular weight is 332 g/mol. The normalized spacial score (nSPS) is 14.3. The third kappa shape index (κ3) is 3.64. The van der Waals surface area contributed by atoms with E-state index < -0.39 is 6.61 Å². The van der Waals surface area contributed by atoms with Crippen LogP contribution in [0.1, 0.15) is 18.4 Å². The van der Waals surface area contributed by atoms with E-state index in [9.17, 15) is 13.6 Å². The van der Waals surface area contributed by atoms with Gasteiger partial charge in [0.2, 0.25) is 5.91 Å². The molecule has 0 spiro atoms. The summed E-state index contributed by atoms with van der Waals surface area (Å²) in [7, 11) is 0. The van der Waals surface area contributed by atoms with E-state index in [4.69, 9.17) is 0 Å². The zero-order chi connectivity index (χ0) is 16.9. The Hall–Kier alpha value is -2.63. The van der Waals surface area contributed by atoms with Gasteiger partial charge in [0.1, 0.15) is 5.75 Å². The molecule has 0 unspecified atom stereocenters. The van der Waals surface area contributed by atoms with Crippen LogP contribution >= 0.6 is 0 Å². The number of ether oxygens (including phenoxy) is 1. The highest BCUT2D eigenvalue weighted by Crippen LogP contribution is 2.30. The first-order valence-corrected chi connectivity index (χ1v) is 7.81. The molecule has 0 bridgehead atoms. The van der Waals surface area contributed by atoms with Crippen molar-refractivity contribution in [1.29, 1.82) is 0 Å². The Morgan fingerprint density at radius 3 is 2.62 bits per heavy atom. The third-order valence-electron chi connectivity index (χ3n) is 3.93. The van der Waals surface area contributed by atoms with Crippen molar-refractivity contribution >= 4 is 17.3 Å². The molecule has 0 radical (unpaired) electrons. The van der Waals surface area contributed by atoms with Gasteiger partial charge in [-0.25, -0.2) is 0 Å². The summed E-state index contributed by atoms with van der Waals surface area (Å²) in [5.41, 5.74) is 2.23. The number of rotatable bonds is 6. The van der Waals surface area contributed by atoms with E-state index in [0.717, 1.165) is 17.8 Å². The maximum Gasteiger partial charge on any atom is 0.387 e. The van der Waals surface area contributed by atoms with E-state index in [1.807, 2.05) is 24.3 Å². The summed E-state index contributed by atoms with van der Waals surface area (Å²) in [6, 6.07) is 14.2. The van der Waals surface area contributed by atoms with Gasteiger partial charge in [-0.3, -0.25) is 4.79 Å². The van der Waals surface area contributed by atoms with Crippen molar-refractivity contribution in [3.8, 4) is 5.75 Å². The van der Waals surface area contributed by atoms with Crippen LogP contribution in [0.4, 0.5) is 20.2 Å². The Labute approximate surface area is 139 Å². The van der Waals surface area contributed by atoms with Crippen LogP contribution in [0.2, 0.25) is 0 Å². The minimum atomic E-state index is -2.86. The number of carbonyl (C=O) groups excluding carboxylic acids is 1. The largest absolute Gasteiger partial charge is 0.434 e. The van der Waals surface area contributed by atoms with Gasteiger partial charge in [-0.1, -0.05) is 30.3 Å². The van der Waals surface area contributed by atoms with Crippen LogP contribution in [0.15, 0.2) is 48.5 Å². The van der Waals surface area contributed by atoms with Gasteiger partial charge in [-0.15, -0.1) is 0 Å². The Bertz CT molecular complexity index is 722. The van der Waals surface area contributed by atoms with E-state index in [0.29, 0.717) is 25.1 Å². The monoisotopic (exact) mass is 332 g/mol. The number of hydrogen-bond donors (Lipinski definition) is 1. The Morgan fingerprint density at radius 2 is 1.88 bits per heavy atom. The number of nitrogens with one attached hydrogen (secondary N) is 1. The summed E-state index contributed by atoms with van der Waals surface area (Å²) in [5, 5.41) is 3.22. The number of carbonyl (C=O) groups is 1. The number of anilines is 2. The van der Waals surface area contributed by atoms with Gasteiger partial charge in [0.15, 0.2) is 0 Å². The quantitative estimate of drug-likeness (QED) is 0.868. The molecule has 24 heavy (non-hydrogen) atoms. The Morgan fingerprint density at radius 1 is 1.12 bits per heavy atom. The molecule has 0 saturated carbocycles. The fraction of sp³-hybridized carbons (Fsp3) is 0.278. The van der Waals surface area contributed by atoms with Crippen molar-refractivity contribution in [2.75, 3.05) is 16.8 Å². The predicted molar refractivity (Wildman–Crippen MR) is 88.4 cm³/mol. The van der Waals surface area contributed by atoms with Gasteiger partial charge in [0, 0.05) is 25.1 Å². The van der Waals surface area contributed by atoms with Crippen molar-refractivity contribution < 1.29 is 18.3 Å². The van der Waals surface area contributed by atoms with Gasteiger partial charge in [-0.2, -0.15) is 8.78 Å². The van der Waals surface area contributed by atoms with Crippen molar-refractivity contribution in [2.45, 2.75) is 26.0 Å². The van der Waals surface area contributed by atoms with Crippen molar-refractivity contribution in [2.24, 2.45) is 0 Å². The molecule has 2 aromatic carbocycles. The van der Waals surface area contributed by atoms with Gasteiger partial charge in [-0.05, 0) is 24.6 Å². The van der Waals surface area contributed by atoms with Crippen molar-refractivity contribution in [3.05, 3.63) is 54.1 Å². The van der Waals surface area contributed by atoms with Gasteiger partial charge >= 0.3 is 6.61 Å². The third-order valence-corrected chi connectivity index (χ3v) is 3.93. The number of hydrogen-bond acceptors (Lipinski definition) is 3. The lowest BCUT2D eigenvalue weighted by molar-refractivity contribution is -0.117. The highest BCUT2D eigenvalue weighted by molar-refractivity contribution is 5.98. The lowest BCUT2D eigenvalue weighted by atomic mass is 10.2. The van der Waals surface area contributed by atoms with Crippen LogP contribution in [-0.2, 0) is 11.3 Å². The van der Waals surface area contributed by atoms with E-state index >= 15 is 0 Å². The van der Waals surface area contributed by atoms with Crippen LogP contribution < -0.4 is 15.0 Å². The molecular weight excluding hydrogens is 314 g/mol. The molecule has 0 aromatic heterocycles. The second-order valence-electron chi connectivity index (χ2n) is 5.51. The number of para-hydroxylation sites is 3. The first kappa shape index (κ1) is 16.2. The first-order chi connectivity index (χ1) is 11.6. The van der Waals surface area contributed by atoms with Gasteiger partial charge in [0.25, 0.3) is 0 Å². The molecule has 1 aliphatic rings. The molecule has 1 saturated heterocycles. The number of amides is 1. The maximum absolute atomic E-state index is 12.5. The van der Waals surface area contributed by atoms with Crippen LogP contribution in [-0.4, -0.2) is 19.1 Å². The summed E-state index contributed by atoms with van der Waals surface area (Å²) in [5.74, 6) is 0.250. The van der Waals surface area contributed by atoms with Gasteiger partial charge < -0.3 is 15.0 Å². The van der Waals surface area contributed by atoms with Crippen LogP contribution in [0, 0.1) is 0 Å². The Kier molecular flexibility index (Phi) is 4.93. The van der Waals surface area contributed by atoms with Crippen LogP contribution in [0.25, 0.3) is 0 Å². The van der Waals surface area contributed by atoms with Crippen molar-refractivity contribution in [3.63, 3.8) is 0 Å². The summed E-state index contributed by atoms with van der Waals surface area (Å²) in [4.78, 5) is 13.7. The zero-order valence-corrected chi connectivity index (χ0v) is 13.0. The molecule has 126 valence electrons. The summed E-state index contributed by atoms with van der Waals surface area (Å²) < 4.78 is 29.5. The van der Waals surface area contributed by atoms with E-state index in [1.165, 1.54) is 6.07 Å². The minimum absolute atomic E-state index is 0.102. The van der Waals surface area contributed by atoms with E-state index in [2.05, 4.69) is 10.1 Å². The highest BCUT2D eigenvalue weighted by Gasteiger charge is 2.23. The lowest BCUT2D eigenvalue weighted by Crippen LogP contribution is -2.24. The molecule has 6 heteroatoms. The molecule has 2 aromatic rings. The van der Waals surface area contributed by atoms with Crippen molar-refractivity contribution in [1.82, 2.24) is 0 Å². The molecule has 1 amide bonds. The fourth-order valence-corrected chi connectivity index (χ4v) is 2.81. The second kappa shape index (κ2) is 7.29. The SMILES string of the molecule is O=C1CCCN1c1ccccc1NCc1ccccc1OC(F)F. The second-order valence-corrected chi connectivity index (χ2v) is 5.51. The average Bonchev–Trinajstić information content (AvgIpc) is 3.00. The number of benzene rings is 2. The number of alkyl halides is 2. The molecule has 4 nitrogen and oxygen atoms in total.